The first-order valence-corrected chi connectivity index (χ1v) is 26.0. The fourth-order valence-corrected chi connectivity index (χ4v) is 12.0. The molecule has 7 heterocycles. The van der Waals surface area contributed by atoms with Gasteiger partial charge in [-0.2, -0.15) is 5.10 Å². The molecule has 0 bridgehead atoms. The van der Waals surface area contributed by atoms with Crippen LogP contribution in [0.1, 0.15) is 101 Å². The number of carbonyl (C=O) groups is 4. The number of amides is 3. The average molecular weight is 987 g/mol. The van der Waals surface area contributed by atoms with Crippen LogP contribution in [0.5, 0.6) is 5.75 Å². The van der Waals surface area contributed by atoms with Gasteiger partial charge in [0, 0.05) is 69.3 Å². The minimum atomic E-state index is -1.10. The van der Waals surface area contributed by atoms with Gasteiger partial charge < -0.3 is 19.6 Å². The number of benzene rings is 3. The molecule has 17 heteroatoms. The lowest BCUT2D eigenvalue weighted by atomic mass is 9.84. The molecule has 3 aliphatic heterocycles. The molecule has 370 valence electrons. The number of aromatic nitrogens is 5. The number of carboxylic acids is 1. The highest BCUT2D eigenvalue weighted by Gasteiger charge is 2.33. The minimum Gasteiger partial charge on any atom is -0.490 e. The molecule has 16 nitrogen and oxygen atoms in total. The number of carbonyl (C=O) groups excluding carboxylic acids is 3. The standard InChI is InChI=1S/C55H58N10O6S/c1-33-37(38-19-22-46(57-50(38)54(69)70)65-27-25-35-9-5-11-39(42(35)32-65)52(67)60-55-56-43-12-3-4-14-45(43)72-55)10-6-13-44(33)71-36-17-15-34(16-18-36)8-7-26-63-28-30-64(31-29-63)47-23-20-40-49(61-62(2)51(40)58-47)41-21-24-48(66)59-53(41)68/h3-6,9-14,19-20,22-23,34,36,41H,7-8,15-18,21,24-32H2,1-2H3,(H,69,70)(H,56,60,67)(H,59,66,68). The van der Waals surface area contributed by atoms with Gasteiger partial charge in [-0.05, 0) is 142 Å². The number of imide groups is 1. The van der Waals surface area contributed by atoms with Crippen molar-refractivity contribution < 1.29 is 29.0 Å². The fourth-order valence-electron chi connectivity index (χ4n) is 11.2. The molecule has 4 aliphatic rings. The van der Waals surface area contributed by atoms with E-state index in [4.69, 9.17) is 14.7 Å². The number of fused-ring (bicyclic) bond motifs is 3. The molecule has 1 aliphatic carbocycles. The SMILES string of the molecule is Cc1c(OC2CCC(CCCN3CCN(c4ccc5c(C6CCC(=O)NC6=O)nn(C)c5n4)CC3)CC2)cccc1-c1ccc(N2CCc3cccc(C(=O)Nc4nc5ccccc5s4)c3C2)nc1C(=O)O. The van der Waals surface area contributed by atoms with Crippen molar-refractivity contribution in [2.75, 3.05) is 54.4 Å². The molecule has 3 amide bonds. The van der Waals surface area contributed by atoms with Gasteiger partial charge in [0.2, 0.25) is 11.8 Å². The Bertz CT molecular complexity index is 3190. The number of thiazole rings is 1. The van der Waals surface area contributed by atoms with E-state index in [0.29, 0.717) is 66.0 Å². The van der Waals surface area contributed by atoms with Gasteiger partial charge >= 0.3 is 5.97 Å². The number of piperidine rings is 1. The summed E-state index contributed by atoms with van der Waals surface area (Å²) in [6.07, 6.45) is 8.12. The summed E-state index contributed by atoms with van der Waals surface area (Å²) < 4.78 is 9.43. The van der Waals surface area contributed by atoms with Crippen molar-refractivity contribution in [2.24, 2.45) is 13.0 Å². The van der Waals surface area contributed by atoms with Crippen molar-refractivity contribution in [3.63, 3.8) is 0 Å². The number of aromatic carboxylic acids is 1. The predicted octanol–water partition coefficient (Wildman–Crippen LogP) is 8.52. The third-order valence-corrected chi connectivity index (χ3v) is 16.1. The van der Waals surface area contributed by atoms with Crippen LogP contribution in [0.3, 0.4) is 0 Å². The number of rotatable bonds is 13. The largest absolute Gasteiger partial charge is 0.490 e. The number of ether oxygens (including phenoxy) is 1. The zero-order valence-corrected chi connectivity index (χ0v) is 41.4. The first-order valence-electron chi connectivity index (χ1n) is 25.2. The Morgan fingerprint density at radius 2 is 1.61 bits per heavy atom. The van der Waals surface area contributed by atoms with Gasteiger partial charge in [0.05, 0.1) is 27.9 Å². The molecular formula is C55H58N10O6S. The second-order valence-electron chi connectivity index (χ2n) is 19.6. The zero-order valence-electron chi connectivity index (χ0n) is 40.6. The highest BCUT2D eigenvalue weighted by atomic mass is 32.1. The molecule has 1 unspecified atom stereocenters. The molecule has 0 spiro atoms. The van der Waals surface area contributed by atoms with E-state index in [9.17, 15) is 24.3 Å². The molecule has 0 radical (unpaired) electrons. The van der Waals surface area contributed by atoms with Crippen LogP contribution >= 0.6 is 11.3 Å². The van der Waals surface area contributed by atoms with Gasteiger partial charge in [0.25, 0.3) is 5.91 Å². The zero-order chi connectivity index (χ0) is 49.5. The molecule has 4 aromatic heterocycles. The second-order valence-corrected chi connectivity index (χ2v) is 20.7. The number of nitrogens with zero attached hydrogens (tertiary/aromatic N) is 8. The number of hydrogen-bond acceptors (Lipinski definition) is 13. The number of nitrogens with one attached hydrogen (secondary N) is 2. The average Bonchev–Trinajstić information content (AvgIpc) is 3.96. The summed E-state index contributed by atoms with van der Waals surface area (Å²) in [6.45, 7) is 7.85. The Balaban J connectivity index is 0.664. The lowest BCUT2D eigenvalue weighted by Crippen LogP contribution is -2.47. The molecule has 72 heavy (non-hydrogen) atoms. The van der Waals surface area contributed by atoms with E-state index in [-0.39, 0.29) is 29.5 Å². The highest BCUT2D eigenvalue weighted by molar-refractivity contribution is 7.22. The maximum atomic E-state index is 13.7. The number of carboxylic acid groups (broad SMARTS) is 1. The van der Waals surface area contributed by atoms with Gasteiger partial charge in [-0.25, -0.2) is 19.7 Å². The summed E-state index contributed by atoms with van der Waals surface area (Å²) in [6, 6.07) is 27.2. The van der Waals surface area contributed by atoms with Crippen molar-refractivity contribution in [2.45, 2.75) is 83.3 Å². The second kappa shape index (κ2) is 20.1. The van der Waals surface area contributed by atoms with Crippen LogP contribution in [0, 0.1) is 12.8 Å². The minimum absolute atomic E-state index is 0.0223. The van der Waals surface area contributed by atoms with Crippen LogP contribution in [0.25, 0.3) is 32.4 Å². The predicted molar refractivity (Wildman–Crippen MR) is 278 cm³/mol. The maximum absolute atomic E-state index is 13.7. The molecule has 1 saturated carbocycles. The fraction of sp³-hybridized carbons (Fsp3) is 0.382. The van der Waals surface area contributed by atoms with Gasteiger partial charge in [-0.3, -0.25) is 34.6 Å². The monoisotopic (exact) mass is 986 g/mol. The Morgan fingerprint density at radius 1 is 0.819 bits per heavy atom. The number of hydrogen-bond donors (Lipinski definition) is 3. The van der Waals surface area contributed by atoms with E-state index < -0.39 is 11.9 Å². The van der Waals surface area contributed by atoms with E-state index >= 15 is 0 Å². The van der Waals surface area contributed by atoms with Crippen LogP contribution in [0.4, 0.5) is 16.8 Å². The molecular weight excluding hydrogens is 929 g/mol. The van der Waals surface area contributed by atoms with Gasteiger partial charge in [0.1, 0.15) is 17.4 Å². The van der Waals surface area contributed by atoms with Crippen LogP contribution in [-0.4, -0.2) is 104 Å². The van der Waals surface area contributed by atoms with Gasteiger partial charge in [-0.1, -0.05) is 47.7 Å². The summed E-state index contributed by atoms with van der Waals surface area (Å²) >= 11 is 1.44. The van der Waals surface area contributed by atoms with Crippen molar-refractivity contribution in [3.05, 3.63) is 119 Å². The lowest BCUT2D eigenvalue weighted by molar-refractivity contribution is -0.134. The molecule has 11 rings (SSSR count). The Morgan fingerprint density at radius 3 is 2.42 bits per heavy atom. The Kier molecular flexibility index (Phi) is 13.2. The first kappa shape index (κ1) is 47.1. The van der Waals surface area contributed by atoms with E-state index in [1.165, 1.54) is 17.8 Å². The summed E-state index contributed by atoms with van der Waals surface area (Å²) in [5.74, 6) is 0.600. The van der Waals surface area contributed by atoms with E-state index in [1.807, 2.05) is 104 Å². The Labute approximate surface area is 421 Å². The number of pyridine rings is 2. The molecule has 2 saturated heterocycles. The molecule has 3 N–H and O–H groups in total. The number of para-hydroxylation sites is 1. The highest BCUT2D eigenvalue weighted by Crippen LogP contribution is 2.38. The summed E-state index contributed by atoms with van der Waals surface area (Å²) in [5, 5.41) is 22.1. The normalized spacial score (nSPS) is 19.6. The summed E-state index contributed by atoms with van der Waals surface area (Å²) in [7, 11) is 1.86. The van der Waals surface area contributed by atoms with Crippen LogP contribution < -0.4 is 25.2 Å². The van der Waals surface area contributed by atoms with Crippen molar-refractivity contribution in [1.29, 1.82) is 0 Å². The smallest absolute Gasteiger partial charge is 0.355 e. The Hall–Kier alpha value is -7.24. The molecule has 1 atom stereocenters. The lowest BCUT2D eigenvalue weighted by Gasteiger charge is -2.36. The van der Waals surface area contributed by atoms with E-state index in [2.05, 4.69) is 30.5 Å². The molecule has 7 aromatic rings. The van der Waals surface area contributed by atoms with E-state index in [1.54, 1.807) is 4.68 Å². The summed E-state index contributed by atoms with van der Waals surface area (Å²) in [4.78, 5) is 72.1. The van der Waals surface area contributed by atoms with Crippen molar-refractivity contribution >= 4 is 73.0 Å². The van der Waals surface area contributed by atoms with Crippen LogP contribution in [0.2, 0.25) is 0 Å². The molecule has 3 fully saturated rings. The third kappa shape index (κ3) is 9.62. The topological polar surface area (TPSA) is 188 Å². The first-order chi connectivity index (χ1) is 35.0. The van der Waals surface area contributed by atoms with Crippen molar-refractivity contribution in [1.82, 2.24) is 34.9 Å². The van der Waals surface area contributed by atoms with Crippen LogP contribution in [-0.2, 0) is 29.6 Å². The summed E-state index contributed by atoms with van der Waals surface area (Å²) in [5.41, 5.74) is 7.00. The van der Waals surface area contributed by atoms with Gasteiger partial charge in [-0.15, -0.1) is 0 Å². The maximum Gasteiger partial charge on any atom is 0.355 e. The third-order valence-electron chi connectivity index (χ3n) is 15.2. The van der Waals surface area contributed by atoms with Crippen molar-refractivity contribution in [3.8, 4) is 16.9 Å². The number of aryl methyl sites for hydroxylation is 1. The quantitative estimate of drug-likeness (QED) is 0.0934. The number of anilines is 3. The van der Waals surface area contributed by atoms with Gasteiger partial charge in [0.15, 0.2) is 16.5 Å². The molecule has 3 aromatic carbocycles. The number of piperazine rings is 1. The van der Waals surface area contributed by atoms with Crippen LogP contribution in [0.15, 0.2) is 84.9 Å². The van der Waals surface area contributed by atoms with E-state index in [0.717, 1.165) is 120 Å².